The van der Waals surface area contributed by atoms with Gasteiger partial charge in [-0.25, -0.2) is 10.3 Å². The smallest absolute Gasteiger partial charge is 0.271 e. The third-order valence-corrected chi connectivity index (χ3v) is 8.74. The first-order valence-corrected chi connectivity index (χ1v) is 13.6. The van der Waals surface area contributed by atoms with Crippen molar-refractivity contribution < 1.29 is 19.1 Å². The Morgan fingerprint density at radius 2 is 1.54 bits per heavy atom. The molecule has 8 rings (SSSR count). The predicted octanol–water partition coefficient (Wildman–Crippen LogP) is 4.97. The predicted molar refractivity (Wildman–Crippen MR) is 155 cm³/mol. The Morgan fingerprint density at radius 1 is 0.878 bits per heavy atom. The number of rotatable bonds is 5. The highest BCUT2D eigenvalue weighted by Gasteiger charge is 2.68. The minimum Gasteiger partial charge on any atom is -0.497 e. The van der Waals surface area contributed by atoms with Gasteiger partial charge < -0.3 is 4.74 Å². The monoisotopic (exact) mass is 541 g/mol. The molecule has 2 bridgehead atoms. The lowest BCUT2D eigenvalue weighted by Crippen LogP contribution is -2.54. The molecule has 3 amide bonds. The fraction of sp³-hybridized carbons (Fsp3) is 0.176. The molecule has 41 heavy (non-hydrogen) atoms. The molecule has 3 aliphatic carbocycles. The second kappa shape index (κ2) is 9.27. The Hall–Kier alpha value is -5.04. The summed E-state index contributed by atoms with van der Waals surface area (Å²) in [5, 5.41) is 4.47. The zero-order valence-corrected chi connectivity index (χ0v) is 22.6. The minimum absolute atomic E-state index is 0.212. The lowest BCUT2D eigenvalue weighted by molar-refractivity contribution is -0.122. The van der Waals surface area contributed by atoms with Crippen LogP contribution in [0.15, 0.2) is 102 Å². The summed E-state index contributed by atoms with van der Waals surface area (Å²) < 4.78 is 5.25. The maximum absolute atomic E-state index is 14.4. The summed E-state index contributed by atoms with van der Waals surface area (Å²) in [6, 6.07) is 30.2. The Morgan fingerprint density at radius 3 is 2.20 bits per heavy atom. The third kappa shape index (κ3) is 3.51. The molecule has 202 valence electrons. The van der Waals surface area contributed by atoms with E-state index in [1.165, 1.54) is 4.90 Å². The van der Waals surface area contributed by atoms with Crippen molar-refractivity contribution in [1.82, 2.24) is 5.43 Å². The molecule has 0 spiro atoms. The van der Waals surface area contributed by atoms with Crippen LogP contribution < -0.4 is 15.1 Å². The number of benzene rings is 4. The van der Waals surface area contributed by atoms with Crippen LogP contribution in [0.25, 0.3) is 0 Å². The quantitative estimate of drug-likeness (QED) is 0.220. The molecule has 1 saturated heterocycles. The van der Waals surface area contributed by atoms with Gasteiger partial charge in [0, 0.05) is 17.7 Å². The van der Waals surface area contributed by atoms with Crippen LogP contribution in [0, 0.1) is 18.8 Å². The molecule has 0 unspecified atom stereocenters. The van der Waals surface area contributed by atoms with Crippen LogP contribution in [-0.2, 0) is 15.0 Å². The zero-order chi connectivity index (χ0) is 28.3. The number of hydrogen-bond acceptors (Lipinski definition) is 5. The summed E-state index contributed by atoms with van der Waals surface area (Å²) in [6.07, 6.45) is 1.67. The van der Waals surface area contributed by atoms with E-state index in [2.05, 4.69) is 10.5 Å². The first kappa shape index (κ1) is 25.0. The number of imide groups is 1. The second-order valence-electron chi connectivity index (χ2n) is 10.8. The average molecular weight is 542 g/mol. The van der Waals surface area contributed by atoms with E-state index in [-0.39, 0.29) is 17.7 Å². The molecule has 1 aliphatic heterocycles. The second-order valence-corrected chi connectivity index (χ2v) is 10.8. The van der Waals surface area contributed by atoms with Gasteiger partial charge in [-0.05, 0) is 59.5 Å². The van der Waals surface area contributed by atoms with Crippen molar-refractivity contribution in [1.29, 1.82) is 0 Å². The van der Waals surface area contributed by atoms with Crippen LogP contribution in [-0.4, -0.2) is 31.0 Å². The number of ether oxygens (including phenoxy) is 1. The molecule has 2 atom stereocenters. The Labute approximate surface area is 237 Å². The molecular formula is C34H27N3O4. The normalized spacial score (nSPS) is 23.8. The van der Waals surface area contributed by atoms with Gasteiger partial charge in [0.05, 0.1) is 30.0 Å². The number of nitrogens with one attached hydrogen (secondary N) is 1. The van der Waals surface area contributed by atoms with Crippen LogP contribution in [0.1, 0.15) is 44.1 Å². The summed E-state index contributed by atoms with van der Waals surface area (Å²) >= 11 is 0. The maximum Gasteiger partial charge on any atom is 0.271 e. The van der Waals surface area contributed by atoms with E-state index in [1.807, 2.05) is 79.7 Å². The molecule has 7 nitrogen and oxygen atoms in total. The molecule has 1 heterocycles. The third-order valence-electron chi connectivity index (χ3n) is 8.74. The Kier molecular flexibility index (Phi) is 5.64. The highest BCUT2D eigenvalue weighted by atomic mass is 16.5. The van der Waals surface area contributed by atoms with Gasteiger partial charge in [-0.15, -0.1) is 0 Å². The van der Waals surface area contributed by atoms with Crippen LogP contribution >= 0.6 is 0 Å². The molecule has 7 heteroatoms. The number of carbonyl (C=O) groups is 3. The number of hydrogen-bond donors (Lipinski definition) is 1. The molecule has 1 fully saturated rings. The van der Waals surface area contributed by atoms with Crippen molar-refractivity contribution in [3.8, 4) is 5.75 Å². The van der Waals surface area contributed by atoms with Gasteiger partial charge >= 0.3 is 0 Å². The molecule has 4 aromatic rings. The summed E-state index contributed by atoms with van der Waals surface area (Å²) in [4.78, 5) is 43.0. The molecule has 4 aliphatic rings. The van der Waals surface area contributed by atoms with E-state index >= 15 is 0 Å². The molecule has 0 aromatic heterocycles. The number of carbonyl (C=O) groups excluding carboxylic acids is 3. The molecule has 0 radical (unpaired) electrons. The number of methoxy groups -OCH3 is 1. The van der Waals surface area contributed by atoms with Crippen molar-refractivity contribution in [2.75, 3.05) is 12.0 Å². The van der Waals surface area contributed by atoms with Gasteiger partial charge in [-0.3, -0.25) is 14.4 Å². The van der Waals surface area contributed by atoms with E-state index < -0.39 is 23.2 Å². The van der Waals surface area contributed by atoms with Crippen LogP contribution in [0.3, 0.4) is 0 Å². The fourth-order valence-electron chi connectivity index (χ4n) is 7.02. The SMILES string of the molecule is COc1cccc(C(=O)N/N=C/C23c4ccccc4C(c4ccccc42)[C@H]2C(=O)N(c4ccc(C)cc4)C(=O)[C@H]23)c1. The minimum atomic E-state index is -1.06. The summed E-state index contributed by atoms with van der Waals surface area (Å²) in [6.45, 7) is 1.97. The molecule has 4 aromatic carbocycles. The van der Waals surface area contributed by atoms with Gasteiger partial charge in [-0.1, -0.05) is 72.3 Å². The van der Waals surface area contributed by atoms with E-state index in [0.29, 0.717) is 17.0 Å². The van der Waals surface area contributed by atoms with E-state index in [4.69, 9.17) is 4.74 Å². The van der Waals surface area contributed by atoms with Crippen LogP contribution in [0.5, 0.6) is 5.75 Å². The molecule has 0 saturated carbocycles. The first-order valence-electron chi connectivity index (χ1n) is 13.6. The zero-order valence-electron chi connectivity index (χ0n) is 22.6. The van der Waals surface area contributed by atoms with Crippen molar-refractivity contribution in [2.24, 2.45) is 16.9 Å². The highest BCUT2D eigenvalue weighted by Crippen LogP contribution is 2.63. The summed E-state index contributed by atoms with van der Waals surface area (Å²) in [7, 11) is 1.54. The van der Waals surface area contributed by atoms with E-state index in [0.717, 1.165) is 27.8 Å². The number of nitrogens with zero attached hydrogens (tertiary/aromatic N) is 2. The van der Waals surface area contributed by atoms with Gasteiger partial charge in [-0.2, -0.15) is 5.10 Å². The summed E-state index contributed by atoms with van der Waals surface area (Å²) in [5.41, 5.74) is 7.46. The van der Waals surface area contributed by atoms with Crippen molar-refractivity contribution in [3.63, 3.8) is 0 Å². The van der Waals surface area contributed by atoms with Gasteiger partial charge in [0.25, 0.3) is 5.91 Å². The van der Waals surface area contributed by atoms with Crippen LogP contribution in [0.2, 0.25) is 0 Å². The number of aryl methyl sites for hydroxylation is 1. The largest absolute Gasteiger partial charge is 0.497 e. The number of hydrazone groups is 1. The van der Waals surface area contributed by atoms with Crippen molar-refractivity contribution in [2.45, 2.75) is 18.3 Å². The lowest BCUT2D eigenvalue weighted by Gasteiger charge is -2.52. The fourth-order valence-corrected chi connectivity index (χ4v) is 7.02. The van der Waals surface area contributed by atoms with Crippen LogP contribution in [0.4, 0.5) is 5.69 Å². The topological polar surface area (TPSA) is 88.1 Å². The Balaban J connectivity index is 1.38. The van der Waals surface area contributed by atoms with E-state index in [1.54, 1.807) is 37.6 Å². The first-order chi connectivity index (χ1) is 20.0. The maximum atomic E-state index is 14.4. The van der Waals surface area contributed by atoms with Gasteiger partial charge in [0.1, 0.15) is 5.75 Å². The highest BCUT2D eigenvalue weighted by molar-refractivity contribution is 6.25. The molecular weight excluding hydrogens is 514 g/mol. The average Bonchev–Trinajstić information content (AvgIpc) is 3.28. The number of anilines is 1. The van der Waals surface area contributed by atoms with Crippen molar-refractivity contribution >= 4 is 29.6 Å². The van der Waals surface area contributed by atoms with Gasteiger partial charge in [0.15, 0.2) is 0 Å². The lowest BCUT2D eigenvalue weighted by atomic mass is 9.47. The molecule has 1 N–H and O–H groups in total. The number of amides is 3. The van der Waals surface area contributed by atoms with E-state index in [9.17, 15) is 14.4 Å². The summed E-state index contributed by atoms with van der Waals surface area (Å²) in [5.74, 6) is -1.91. The van der Waals surface area contributed by atoms with Crippen molar-refractivity contribution in [3.05, 3.63) is 130 Å². The van der Waals surface area contributed by atoms with Gasteiger partial charge in [0.2, 0.25) is 11.8 Å². The standard InChI is InChI=1S/C34H27N3O4/c1-20-14-16-22(17-15-20)37-32(39)29-28-24-10-3-5-12-26(24)34(30(29)33(37)40,27-13-6-4-11-25(27)28)19-35-36-31(38)21-8-7-9-23(18-21)41-2/h3-19,28-30H,1-2H3,(H,36,38)/b35-19+/t28?,29-,30+,34?/m1/s1. The Bertz CT molecular complexity index is 1710.